The van der Waals surface area contributed by atoms with Crippen LogP contribution in [-0.2, 0) is 9.84 Å². The molecule has 4 nitrogen and oxygen atoms in total. The summed E-state index contributed by atoms with van der Waals surface area (Å²) in [5.74, 6) is 0.382. The number of nitrogens with one attached hydrogen (secondary N) is 2. The molecule has 0 amide bonds. The van der Waals surface area contributed by atoms with Crippen LogP contribution in [0.4, 0.5) is 11.4 Å². The lowest BCUT2D eigenvalue weighted by Crippen LogP contribution is -2.13. The molecule has 0 saturated heterocycles. The van der Waals surface area contributed by atoms with Gasteiger partial charge in [-0.05, 0) is 49.7 Å². The van der Waals surface area contributed by atoms with Crippen LogP contribution in [0.15, 0.2) is 95.0 Å². The second-order valence-electron chi connectivity index (χ2n) is 6.33. The molecule has 0 aromatic heterocycles. The lowest BCUT2D eigenvalue weighted by Gasteiger charge is -2.14. The molecule has 0 aliphatic heterocycles. The zero-order valence-corrected chi connectivity index (χ0v) is 16.1. The van der Waals surface area contributed by atoms with Gasteiger partial charge >= 0.3 is 0 Å². The molecule has 2 N–H and O–H groups in total. The number of para-hydroxylation sites is 2. The van der Waals surface area contributed by atoms with E-state index in [4.69, 9.17) is 0 Å². The Morgan fingerprint density at radius 3 is 1.78 bits per heavy atom. The minimum atomic E-state index is -3.63. The van der Waals surface area contributed by atoms with Crippen LogP contribution in [0.25, 0.3) is 0 Å². The van der Waals surface area contributed by atoms with Gasteiger partial charge in [0.05, 0.1) is 10.3 Å². The first-order valence-corrected chi connectivity index (χ1v) is 10.2. The Labute approximate surface area is 160 Å². The van der Waals surface area contributed by atoms with Gasteiger partial charge in [-0.2, -0.15) is 0 Å². The van der Waals surface area contributed by atoms with E-state index in [2.05, 4.69) is 10.6 Å². The lowest BCUT2D eigenvalue weighted by molar-refractivity contribution is 0.604. The molecule has 0 saturated carbocycles. The molecule has 0 aliphatic rings. The quantitative estimate of drug-likeness (QED) is 0.626. The Balaban J connectivity index is 1.99. The number of rotatable bonds is 6. The molecule has 0 fully saturated rings. The maximum Gasteiger partial charge on any atom is 0.203 e. The maximum atomic E-state index is 13.0. The van der Waals surface area contributed by atoms with Crippen molar-refractivity contribution in [3.05, 3.63) is 101 Å². The van der Waals surface area contributed by atoms with Crippen molar-refractivity contribution in [2.24, 2.45) is 0 Å². The molecule has 0 unspecified atom stereocenters. The summed E-state index contributed by atoms with van der Waals surface area (Å²) in [4.78, 5) is 0.301. The minimum Gasteiger partial charge on any atom is -0.341 e. The summed E-state index contributed by atoms with van der Waals surface area (Å²) in [5, 5.41) is 7.55. The highest BCUT2D eigenvalue weighted by Gasteiger charge is 2.16. The molecule has 27 heavy (non-hydrogen) atoms. The third-order valence-corrected chi connectivity index (χ3v) is 5.63. The number of hydrogen-bond acceptors (Lipinski definition) is 4. The third kappa shape index (κ3) is 4.99. The lowest BCUT2D eigenvalue weighted by atomic mass is 10.2. The molecule has 0 atom stereocenters. The highest BCUT2D eigenvalue weighted by atomic mass is 32.2. The van der Waals surface area contributed by atoms with Gasteiger partial charge in [0.1, 0.15) is 5.82 Å². The van der Waals surface area contributed by atoms with Crippen molar-refractivity contribution >= 4 is 21.2 Å². The van der Waals surface area contributed by atoms with Crippen molar-refractivity contribution in [2.75, 3.05) is 10.6 Å². The first-order chi connectivity index (χ1) is 12.9. The fraction of sp³-hybridized carbons (Fsp3) is 0.0909. The number of anilines is 2. The summed E-state index contributed by atoms with van der Waals surface area (Å²) in [6, 6.07) is 24.2. The van der Waals surface area contributed by atoms with E-state index in [1.165, 1.54) is 5.41 Å². The zero-order valence-electron chi connectivity index (χ0n) is 15.3. The van der Waals surface area contributed by atoms with Crippen molar-refractivity contribution < 1.29 is 8.42 Å². The average molecular weight is 378 g/mol. The smallest absolute Gasteiger partial charge is 0.203 e. The largest absolute Gasteiger partial charge is 0.341 e. The van der Waals surface area contributed by atoms with Crippen LogP contribution >= 0.6 is 0 Å². The average Bonchev–Trinajstić information content (AvgIpc) is 2.62. The fourth-order valence-electron chi connectivity index (χ4n) is 2.78. The predicted molar refractivity (Wildman–Crippen MR) is 111 cm³/mol. The fourth-order valence-corrected chi connectivity index (χ4v) is 4.10. The Morgan fingerprint density at radius 2 is 1.30 bits per heavy atom. The summed E-state index contributed by atoms with van der Waals surface area (Å²) >= 11 is 0. The van der Waals surface area contributed by atoms with Crippen LogP contribution in [0.1, 0.15) is 11.1 Å². The highest BCUT2D eigenvalue weighted by Crippen LogP contribution is 2.21. The van der Waals surface area contributed by atoms with Crippen molar-refractivity contribution in [1.82, 2.24) is 0 Å². The molecular weight excluding hydrogens is 356 g/mol. The summed E-state index contributed by atoms with van der Waals surface area (Å²) < 4.78 is 26.0. The van der Waals surface area contributed by atoms with Gasteiger partial charge in [-0.3, -0.25) is 0 Å². The van der Waals surface area contributed by atoms with E-state index in [1.54, 1.807) is 6.07 Å². The molecule has 0 spiro atoms. The molecular formula is C22H22N2O2S. The standard InChI is InChI=1S/C22H22N2O2S/c1-17-13-14-21(18(2)15-17)27(25,26)16-22(23-19-9-5-3-6-10-19)24-20-11-7-4-8-12-20/h3-16,23-24H,1-2H3. The van der Waals surface area contributed by atoms with Crippen LogP contribution in [-0.4, -0.2) is 8.42 Å². The van der Waals surface area contributed by atoms with Crippen LogP contribution in [0.3, 0.4) is 0 Å². The summed E-state index contributed by atoms with van der Waals surface area (Å²) in [6.45, 7) is 3.75. The number of sulfone groups is 1. The summed E-state index contributed by atoms with van der Waals surface area (Å²) in [5.41, 5.74) is 3.34. The van der Waals surface area contributed by atoms with Gasteiger partial charge in [0, 0.05) is 11.4 Å². The van der Waals surface area contributed by atoms with Gasteiger partial charge < -0.3 is 10.6 Å². The Bertz CT molecular complexity index is 1000. The third-order valence-electron chi connectivity index (χ3n) is 4.02. The van der Waals surface area contributed by atoms with Gasteiger partial charge in [-0.15, -0.1) is 0 Å². The SMILES string of the molecule is Cc1ccc(S(=O)(=O)C=C(Nc2ccccc2)Nc2ccccc2)c(C)c1. The molecule has 138 valence electrons. The summed E-state index contributed by atoms with van der Waals surface area (Å²) in [7, 11) is -3.63. The molecule has 3 aromatic carbocycles. The predicted octanol–water partition coefficient (Wildman–Crippen LogP) is 5.10. The number of aryl methyl sites for hydroxylation is 2. The first kappa shape index (κ1) is 18.7. The van der Waals surface area contributed by atoms with Crippen molar-refractivity contribution in [3.8, 4) is 0 Å². The van der Waals surface area contributed by atoms with Gasteiger partial charge in [0.25, 0.3) is 0 Å². The Kier molecular flexibility index (Phi) is 5.62. The highest BCUT2D eigenvalue weighted by molar-refractivity contribution is 7.94. The molecule has 5 heteroatoms. The van der Waals surface area contributed by atoms with E-state index in [0.717, 1.165) is 22.5 Å². The molecule has 0 radical (unpaired) electrons. The van der Waals surface area contributed by atoms with Crippen LogP contribution in [0, 0.1) is 13.8 Å². The molecule has 0 aliphatic carbocycles. The second-order valence-corrected chi connectivity index (χ2v) is 8.09. The van der Waals surface area contributed by atoms with E-state index < -0.39 is 9.84 Å². The zero-order chi connectivity index (χ0) is 19.3. The van der Waals surface area contributed by atoms with Crippen LogP contribution in [0.2, 0.25) is 0 Å². The van der Waals surface area contributed by atoms with Crippen molar-refractivity contribution in [2.45, 2.75) is 18.7 Å². The van der Waals surface area contributed by atoms with E-state index >= 15 is 0 Å². The maximum absolute atomic E-state index is 13.0. The molecule has 3 rings (SSSR count). The number of hydrogen-bond donors (Lipinski definition) is 2. The van der Waals surface area contributed by atoms with E-state index in [0.29, 0.717) is 10.7 Å². The van der Waals surface area contributed by atoms with E-state index in [1.807, 2.05) is 86.6 Å². The monoisotopic (exact) mass is 378 g/mol. The second kappa shape index (κ2) is 8.10. The van der Waals surface area contributed by atoms with E-state index in [9.17, 15) is 8.42 Å². The van der Waals surface area contributed by atoms with Gasteiger partial charge in [0.15, 0.2) is 0 Å². The van der Waals surface area contributed by atoms with Crippen LogP contribution in [0.5, 0.6) is 0 Å². The normalized spacial score (nSPS) is 10.9. The molecule has 3 aromatic rings. The first-order valence-electron chi connectivity index (χ1n) is 8.62. The van der Waals surface area contributed by atoms with Gasteiger partial charge in [0.2, 0.25) is 9.84 Å². The van der Waals surface area contributed by atoms with Crippen molar-refractivity contribution in [1.29, 1.82) is 0 Å². The van der Waals surface area contributed by atoms with Gasteiger partial charge in [-0.25, -0.2) is 8.42 Å². The van der Waals surface area contributed by atoms with E-state index in [-0.39, 0.29) is 0 Å². The summed E-state index contributed by atoms with van der Waals surface area (Å²) in [6.07, 6.45) is 0. The van der Waals surface area contributed by atoms with Crippen LogP contribution < -0.4 is 10.6 Å². The van der Waals surface area contributed by atoms with Gasteiger partial charge in [-0.1, -0.05) is 54.1 Å². The minimum absolute atomic E-state index is 0.301. The Morgan fingerprint density at radius 1 is 0.778 bits per heavy atom. The Hall–Kier alpha value is -3.05. The molecule has 0 bridgehead atoms. The topological polar surface area (TPSA) is 58.2 Å². The van der Waals surface area contributed by atoms with Crippen molar-refractivity contribution in [3.63, 3.8) is 0 Å². The number of benzene rings is 3. The molecule has 0 heterocycles.